The lowest BCUT2D eigenvalue weighted by molar-refractivity contribution is -0.121. The van der Waals surface area contributed by atoms with Gasteiger partial charge in [-0.15, -0.1) is 6.58 Å². The second-order valence-corrected chi connectivity index (χ2v) is 5.85. The second kappa shape index (κ2) is 9.20. The molecule has 0 heterocycles. The van der Waals surface area contributed by atoms with E-state index in [0.717, 1.165) is 12.8 Å². The molecule has 2 rings (SSSR count). The zero-order valence-electron chi connectivity index (χ0n) is 13.8. The van der Waals surface area contributed by atoms with Crippen LogP contribution in [0.4, 0.5) is 4.79 Å². The molecular weight excluding hydrogens is 306 g/mol. The van der Waals surface area contributed by atoms with Gasteiger partial charge in [-0.25, -0.2) is 4.79 Å². The SMILES string of the molecule is C=CCNC(=O)NC(=O)CN(CCCO)C1CCc2ccccc21. The fourth-order valence-electron chi connectivity index (χ4n) is 3.09. The van der Waals surface area contributed by atoms with Crippen molar-refractivity contribution in [1.29, 1.82) is 0 Å². The van der Waals surface area contributed by atoms with Crippen molar-refractivity contribution in [3.05, 3.63) is 48.0 Å². The molecule has 6 nitrogen and oxygen atoms in total. The van der Waals surface area contributed by atoms with Crippen LogP contribution in [0.1, 0.15) is 30.0 Å². The number of rotatable bonds is 8. The molecule has 24 heavy (non-hydrogen) atoms. The number of aryl methyl sites for hydroxylation is 1. The average Bonchev–Trinajstić information content (AvgIpc) is 3.00. The van der Waals surface area contributed by atoms with E-state index in [4.69, 9.17) is 5.11 Å². The van der Waals surface area contributed by atoms with Gasteiger partial charge in [0.2, 0.25) is 5.91 Å². The lowest BCUT2D eigenvalue weighted by Crippen LogP contribution is -2.45. The summed E-state index contributed by atoms with van der Waals surface area (Å²) in [7, 11) is 0. The molecule has 0 fully saturated rings. The normalized spacial score (nSPS) is 15.8. The number of imide groups is 1. The number of amides is 3. The monoisotopic (exact) mass is 331 g/mol. The maximum absolute atomic E-state index is 12.2. The molecule has 0 saturated heterocycles. The summed E-state index contributed by atoms with van der Waals surface area (Å²) in [6, 6.07) is 7.86. The Morgan fingerprint density at radius 3 is 2.92 bits per heavy atom. The Bertz CT molecular complexity index is 589. The highest BCUT2D eigenvalue weighted by Crippen LogP contribution is 2.35. The molecule has 3 amide bonds. The van der Waals surface area contributed by atoms with Crippen LogP contribution in [0.15, 0.2) is 36.9 Å². The van der Waals surface area contributed by atoms with Gasteiger partial charge in [-0.1, -0.05) is 30.3 Å². The first-order valence-electron chi connectivity index (χ1n) is 8.27. The summed E-state index contributed by atoms with van der Waals surface area (Å²) in [6.45, 7) is 4.63. The molecule has 0 bridgehead atoms. The van der Waals surface area contributed by atoms with Crippen LogP contribution in [0.3, 0.4) is 0 Å². The van der Waals surface area contributed by atoms with Gasteiger partial charge in [0.05, 0.1) is 6.54 Å². The van der Waals surface area contributed by atoms with Crippen LogP contribution in [0.25, 0.3) is 0 Å². The van der Waals surface area contributed by atoms with Crippen molar-refractivity contribution >= 4 is 11.9 Å². The van der Waals surface area contributed by atoms with Crippen molar-refractivity contribution in [1.82, 2.24) is 15.5 Å². The molecule has 0 saturated carbocycles. The van der Waals surface area contributed by atoms with Crippen LogP contribution in [-0.4, -0.2) is 48.2 Å². The Morgan fingerprint density at radius 2 is 2.17 bits per heavy atom. The van der Waals surface area contributed by atoms with E-state index < -0.39 is 6.03 Å². The highest BCUT2D eigenvalue weighted by molar-refractivity contribution is 5.95. The molecule has 0 spiro atoms. The number of nitrogens with zero attached hydrogens (tertiary/aromatic N) is 1. The number of urea groups is 1. The van der Waals surface area contributed by atoms with Gasteiger partial charge in [0.15, 0.2) is 0 Å². The van der Waals surface area contributed by atoms with Crippen molar-refractivity contribution in [3.63, 3.8) is 0 Å². The lowest BCUT2D eigenvalue weighted by Gasteiger charge is -2.28. The standard InChI is InChI=1S/C18H25N3O3/c1-2-10-19-18(24)20-17(23)13-21(11-5-12-22)16-9-8-14-6-3-4-7-15(14)16/h2-4,6-7,16,22H,1,5,8-13H2,(H2,19,20,23,24). The van der Waals surface area contributed by atoms with Crippen LogP contribution in [0.2, 0.25) is 0 Å². The topological polar surface area (TPSA) is 81.7 Å². The zero-order chi connectivity index (χ0) is 17.4. The molecule has 1 aliphatic rings. The first-order chi connectivity index (χ1) is 11.7. The summed E-state index contributed by atoms with van der Waals surface area (Å²) in [4.78, 5) is 25.8. The number of hydrogen-bond donors (Lipinski definition) is 3. The minimum Gasteiger partial charge on any atom is -0.396 e. The Balaban J connectivity index is 2.00. The summed E-state index contributed by atoms with van der Waals surface area (Å²) >= 11 is 0. The van der Waals surface area contributed by atoms with E-state index in [1.807, 2.05) is 17.0 Å². The first kappa shape index (κ1) is 18.2. The van der Waals surface area contributed by atoms with Crippen molar-refractivity contribution in [3.8, 4) is 0 Å². The predicted octanol–water partition coefficient (Wildman–Crippen LogP) is 1.37. The molecule has 1 atom stereocenters. The van der Waals surface area contributed by atoms with Gasteiger partial charge in [-0.2, -0.15) is 0 Å². The molecule has 1 aliphatic carbocycles. The van der Waals surface area contributed by atoms with E-state index in [1.54, 1.807) is 6.08 Å². The van der Waals surface area contributed by atoms with Gasteiger partial charge < -0.3 is 10.4 Å². The molecular formula is C18H25N3O3. The van der Waals surface area contributed by atoms with E-state index in [1.165, 1.54) is 11.1 Å². The van der Waals surface area contributed by atoms with Gasteiger partial charge in [0, 0.05) is 25.7 Å². The fraction of sp³-hybridized carbons (Fsp3) is 0.444. The van der Waals surface area contributed by atoms with Gasteiger partial charge in [0.25, 0.3) is 0 Å². The Kier molecular flexibility index (Phi) is 6.96. The molecule has 1 aromatic carbocycles. The highest BCUT2D eigenvalue weighted by atomic mass is 16.3. The number of nitrogens with one attached hydrogen (secondary N) is 2. The van der Waals surface area contributed by atoms with E-state index in [2.05, 4.69) is 29.3 Å². The Morgan fingerprint density at radius 1 is 1.38 bits per heavy atom. The number of hydrogen-bond acceptors (Lipinski definition) is 4. The van der Waals surface area contributed by atoms with Gasteiger partial charge >= 0.3 is 6.03 Å². The summed E-state index contributed by atoms with van der Waals surface area (Å²) in [6.07, 6.45) is 4.07. The fourth-order valence-corrected chi connectivity index (χ4v) is 3.09. The minimum absolute atomic E-state index is 0.0757. The molecule has 6 heteroatoms. The van der Waals surface area contributed by atoms with Gasteiger partial charge in [-0.3, -0.25) is 15.0 Å². The third kappa shape index (κ3) is 4.91. The average molecular weight is 331 g/mol. The van der Waals surface area contributed by atoms with Gasteiger partial charge in [0.1, 0.15) is 0 Å². The molecule has 130 valence electrons. The van der Waals surface area contributed by atoms with Crippen molar-refractivity contribution in [2.75, 3.05) is 26.2 Å². The summed E-state index contributed by atoms with van der Waals surface area (Å²) in [5.74, 6) is -0.348. The van der Waals surface area contributed by atoms with E-state index in [0.29, 0.717) is 19.5 Å². The third-order valence-corrected chi connectivity index (χ3v) is 4.15. The van der Waals surface area contributed by atoms with Gasteiger partial charge in [-0.05, 0) is 30.4 Å². The van der Waals surface area contributed by atoms with Crippen LogP contribution in [0.5, 0.6) is 0 Å². The lowest BCUT2D eigenvalue weighted by atomic mass is 10.1. The van der Waals surface area contributed by atoms with E-state index in [9.17, 15) is 9.59 Å². The van der Waals surface area contributed by atoms with Crippen LogP contribution >= 0.6 is 0 Å². The molecule has 1 unspecified atom stereocenters. The largest absolute Gasteiger partial charge is 0.396 e. The maximum atomic E-state index is 12.2. The maximum Gasteiger partial charge on any atom is 0.321 e. The smallest absolute Gasteiger partial charge is 0.321 e. The van der Waals surface area contributed by atoms with Crippen LogP contribution in [0, 0.1) is 0 Å². The van der Waals surface area contributed by atoms with E-state index in [-0.39, 0.29) is 25.1 Å². The zero-order valence-corrected chi connectivity index (χ0v) is 13.8. The highest BCUT2D eigenvalue weighted by Gasteiger charge is 2.28. The molecule has 0 radical (unpaired) electrons. The quantitative estimate of drug-likeness (QED) is 0.629. The van der Waals surface area contributed by atoms with E-state index >= 15 is 0 Å². The summed E-state index contributed by atoms with van der Waals surface area (Å²) < 4.78 is 0. The second-order valence-electron chi connectivity index (χ2n) is 5.85. The number of carbonyl (C=O) groups is 2. The predicted molar refractivity (Wildman–Crippen MR) is 92.5 cm³/mol. The number of benzene rings is 1. The molecule has 3 N–H and O–H groups in total. The van der Waals surface area contributed by atoms with Crippen molar-refractivity contribution in [2.45, 2.75) is 25.3 Å². The van der Waals surface area contributed by atoms with Crippen LogP contribution in [-0.2, 0) is 11.2 Å². The minimum atomic E-state index is -0.520. The Hall–Kier alpha value is -2.18. The number of aliphatic hydroxyl groups is 1. The van der Waals surface area contributed by atoms with Crippen molar-refractivity contribution < 1.29 is 14.7 Å². The van der Waals surface area contributed by atoms with Crippen LogP contribution < -0.4 is 10.6 Å². The number of fused-ring (bicyclic) bond motifs is 1. The first-order valence-corrected chi connectivity index (χ1v) is 8.27. The number of aliphatic hydroxyl groups excluding tert-OH is 1. The van der Waals surface area contributed by atoms with Crippen molar-refractivity contribution in [2.24, 2.45) is 0 Å². The molecule has 0 aromatic heterocycles. The molecule has 0 aliphatic heterocycles. The molecule has 1 aromatic rings. The summed E-state index contributed by atoms with van der Waals surface area (Å²) in [5, 5.41) is 14.0. The third-order valence-electron chi connectivity index (χ3n) is 4.15. The number of carbonyl (C=O) groups excluding carboxylic acids is 2. The summed E-state index contributed by atoms with van der Waals surface area (Å²) in [5.41, 5.74) is 2.54. The Labute approximate surface area is 142 Å².